The van der Waals surface area contributed by atoms with Crippen molar-refractivity contribution in [2.75, 3.05) is 11.4 Å². The van der Waals surface area contributed by atoms with Gasteiger partial charge in [-0.25, -0.2) is 4.98 Å². The number of nitrogens with zero attached hydrogens (tertiary/aromatic N) is 2. The first-order valence-corrected chi connectivity index (χ1v) is 8.75. The molecule has 0 saturated heterocycles. The molecule has 1 amide bonds. The molecule has 120 valence electrons. The number of ether oxygens (including phenoxy) is 1. The third-order valence-electron chi connectivity index (χ3n) is 4.08. The lowest BCUT2D eigenvalue weighted by Crippen LogP contribution is -2.28. The lowest BCUT2D eigenvalue weighted by molar-refractivity contribution is 0.0989. The maximum absolute atomic E-state index is 12.9. The van der Waals surface area contributed by atoms with Gasteiger partial charge in [0.05, 0.1) is 11.2 Å². The summed E-state index contributed by atoms with van der Waals surface area (Å²) in [5.74, 6) is 0.695. The molecule has 3 aromatic rings. The van der Waals surface area contributed by atoms with Crippen molar-refractivity contribution in [3.63, 3.8) is 0 Å². The Morgan fingerprint density at radius 3 is 3.00 bits per heavy atom. The molecule has 0 radical (unpaired) electrons. The molecular formula is C19H16N2O2S. The van der Waals surface area contributed by atoms with Gasteiger partial charge in [0.1, 0.15) is 12.4 Å². The van der Waals surface area contributed by atoms with Crippen molar-refractivity contribution in [1.82, 2.24) is 4.98 Å². The van der Waals surface area contributed by atoms with Crippen LogP contribution in [0.2, 0.25) is 0 Å². The highest BCUT2D eigenvalue weighted by molar-refractivity contribution is 7.07. The maximum Gasteiger partial charge on any atom is 0.258 e. The van der Waals surface area contributed by atoms with Crippen LogP contribution in [0, 0.1) is 0 Å². The fraction of sp³-hybridized carbons (Fsp3) is 0.158. The molecule has 0 unspecified atom stereocenters. The number of aromatic nitrogens is 1. The van der Waals surface area contributed by atoms with E-state index in [1.54, 1.807) is 22.9 Å². The number of carbonyl (C=O) groups excluding carboxylic acids is 1. The third-order valence-corrected chi connectivity index (χ3v) is 4.72. The summed E-state index contributed by atoms with van der Waals surface area (Å²) >= 11 is 1.54. The average molecular weight is 336 g/mol. The first kappa shape index (κ1) is 14.9. The normalized spacial score (nSPS) is 12.9. The van der Waals surface area contributed by atoms with Crippen LogP contribution in [0.5, 0.6) is 5.75 Å². The number of carbonyl (C=O) groups is 1. The molecule has 0 bridgehead atoms. The Bertz CT molecular complexity index is 861. The molecule has 0 aliphatic carbocycles. The van der Waals surface area contributed by atoms with Crippen molar-refractivity contribution in [3.05, 3.63) is 76.2 Å². The van der Waals surface area contributed by atoms with E-state index in [2.05, 4.69) is 11.1 Å². The zero-order valence-corrected chi connectivity index (χ0v) is 13.8. The first-order chi connectivity index (χ1) is 11.8. The minimum absolute atomic E-state index is 0.0130. The Morgan fingerprint density at radius 2 is 2.12 bits per heavy atom. The Morgan fingerprint density at radius 1 is 1.21 bits per heavy atom. The Kier molecular flexibility index (Phi) is 4.01. The molecule has 0 saturated carbocycles. The predicted octanol–water partition coefficient (Wildman–Crippen LogP) is 3.93. The zero-order chi connectivity index (χ0) is 16.4. The molecule has 2 heterocycles. The third kappa shape index (κ3) is 2.90. The van der Waals surface area contributed by atoms with E-state index in [-0.39, 0.29) is 5.91 Å². The van der Waals surface area contributed by atoms with Gasteiger partial charge in [-0.2, -0.15) is 0 Å². The lowest BCUT2D eigenvalue weighted by atomic mass is 10.1. The molecule has 1 aliphatic heterocycles. The van der Waals surface area contributed by atoms with E-state index >= 15 is 0 Å². The molecular weight excluding hydrogens is 320 g/mol. The number of hydrogen-bond donors (Lipinski definition) is 0. The van der Waals surface area contributed by atoms with Crippen LogP contribution in [0.4, 0.5) is 5.69 Å². The number of benzene rings is 2. The van der Waals surface area contributed by atoms with Crippen molar-refractivity contribution in [2.45, 2.75) is 13.0 Å². The van der Waals surface area contributed by atoms with Crippen molar-refractivity contribution in [2.24, 2.45) is 0 Å². The second-order valence-corrected chi connectivity index (χ2v) is 6.35. The van der Waals surface area contributed by atoms with Crippen LogP contribution in [0.25, 0.3) is 0 Å². The molecule has 0 N–H and O–H groups in total. The Balaban J connectivity index is 1.52. The molecule has 0 spiro atoms. The van der Waals surface area contributed by atoms with Gasteiger partial charge in [0.15, 0.2) is 0 Å². The fourth-order valence-electron chi connectivity index (χ4n) is 2.89. The van der Waals surface area contributed by atoms with Crippen molar-refractivity contribution >= 4 is 22.9 Å². The summed E-state index contributed by atoms with van der Waals surface area (Å²) in [6.45, 7) is 1.13. The molecule has 2 aromatic carbocycles. The lowest BCUT2D eigenvalue weighted by Gasteiger charge is -2.17. The van der Waals surface area contributed by atoms with Crippen molar-refractivity contribution < 1.29 is 9.53 Å². The molecule has 1 aromatic heterocycles. The second-order valence-electron chi connectivity index (χ2n) is 5.63. The van der Waals surface area contributed by atoms with Gasteiger partial charge in [-0.15, -0.1) is 11.3 Å². The van der Waals surface area contributed by atoms with Gasteiger partial charge in [-0.3, -0.25) is 4.79 Å². The monoisotopic (exact) mass is 336 g/mol. The topological polar surface area (TPSA) is 42.4 Å². The van der Waals surface area contributed by atoms with Crippen LogP contribution in [-0.2, 0) is 13.0 Å². The number of hydrogen-bond acceptors (Lipinski definition) is 4. The number of para-hydroxylation sites is 1. The largest absolute Gasteiger partial charge is 0.487 e. The van der Waals surface area contributed by atoms with Gasteiger partial charge < -0.3 is 9.64 Å². The number of rotatable bonds is 4. The van der Waals surface area contributed by atoms with Gasteiger partial charge in [0.2, 0.25) is 0 Å². The van der Waals surface area contributed by atoms with E-state index < -0.39 is 0 Å². The summed E-state index contributed by atoms with van der Waals surface area (Å²) in [5.41, 5.74) is 5.55. The number of thiazole rings is 1. The van der Waals surface area contributed by atoms with Crippen molar-refractivity contribution in [1.29, 1.82) is 0 Å². The highest BCUT2D eigenvalue weighted by atomic mass is 32.1. The highest BCUT2D eigenvalue weighted by Gasteiger charge is 2.25. The Hall–Kier alpha value is -2.66. The van der Waals surface area contributed by atoms with Gasteiger partial charge in [0, 0.05) is 23.2 Å². The van der Waals surface area contributed by atoms with E-state index in [0.717, 1.165) is 24.3 Å². The predicted molar refractivity (Wildman–Crippen MR) is 94.7 cm³/mol. The number of anilines is 1. The molecule has 4 rings (SSSR count). The van der Waals surface area contributed by atoms with Crippen LogP contribution in [0.1, 0.15) is 21.6 Å². The van der Waals surface area contributed by atoms with Gasteiger partial charge >= 0.3 is 0 Å². The van der Waals surface area contributed by atoms with Crippen LogP contribution in [0.15, 0.2) is 59.4 Å². The van der Waals surface area contributed by atoms with Crippen LogP contribution >= 0.6 is 11.3 Å². The standard InChI is InChI=1S/C19H16N2O2S/c22-19(21-9-8-14-4-1-2-7-18(14)21)15-5-3-6-17(10-15)23-11-16-12-24-13-20-16/h1-7,10,12-13H,8-9,11H2. The fourth-order valence-corrected chi connectivity index (χ4v) is 3.43. The summed E-state index contributed by atoms with van der Waals surface area (Å²) < 4.78 is 5.75. The number of fused-ring (bicyclic) bond motifs is 1. The summed E-state index contributed by atoms with van der Waals surface area (Å²) in [5, 5.41) is 1.95. The summed E-state index contributed by atoms with van der Waals surface area (Å²) in [6, 6.07) is 15.4. The smallest absolute Gasteiger partial charge is 0.258 e. The Labute approximate surface area is 144 Å². The molecule has 1 aliphatic rings. The van der Waals surface area contributed by atoms with E-state index in [1.807, 2.05) is 46.7 Å². The minimum Gasteiger partial charge on any atom is -0.487 e. The zero-order valence-electron chi connectivity index (χ0n) is 13.0. The highest BCUT2D eigenvalue weighted by Crippen LogP contribution is 2.29. The SMILES string of the molecule is O=C(c1cccc(OCc2cscn2)c1)N1CCc2ccccc21. The first-order valence-electron chi connectivity index (χ1n) is 7.81. The molecule has 0 fully saturated rings. The van der Waals surface area contributed by atoms with Gasteiger partial charge in [-0.05, 0) is 36.2 Å². The quantitative estimate of drug-likeness (QED) is 0.725. The number of amides is 1. The van der Waals surface area contributed by atoms with E-state index in [1.165, 1.54) is 5.56 Å². The van der Waals surface area contributed by atoms with E-state index in [0.29, 0.717) is 17.9 Å². The van der Waals surface area contributed by atoms with Gasteiger partial charge in [0.25, 0.3) is 5.91 Å². The van der Waals surface area contributed by atoms with E-state index in [9.17, 15) is 4.79 Å². The minimum atomic E-state index is 0.0130. The molecule has 24 heavy (non-hydrogen) atoms. The maximum atomic E-state index is 12.9. The molecule has 5 heteroatoms. The summed E-state index contributed by atoms with van der Waals surface area (Å²) in [6.07, 6.45) is 0.905. The molecule has 4 nitrogen and oxygen atoms in total. The second kappa shape index (κ2) is 6.45. The average Bonchev–Trinajstić information content (AvgIpc) is 3.29. The van der Waals surface area contributed by atoms with Gasteiger partial charge in [-0.1, -0.05) is 24.3 Å². The van der Waals surface area contributed by atoms with E-state index in [4.69, 9.17) is 4.74 Å². The van der Waals surface area contributed by atoms with Crippen LogP contribution in [-0.4, -0.2) is 17.4 Å². The van der Waals surface area contributed by atoms with Crippen molar-refractivity contribution in [3.8, 4) is 5.75 Å². The van der Waals surface area contributed by atoms with Crippen LogP contribution < -0.4 is 9.64 Å². The summed E-state index contributed by atoms with van der Waals surface area (Å²) in [7, 11) is 0. The molecule has 0 atom stereocenters. The summed E-state index contributed by atoms with van der Waals surface area (Å²) in [4.78, 5) is 18.9. The van der Waals surface area contributed by atoms with Crippen LogP contribution in [0.3, 0.4) is 0 Å².